The lowest BCUT2D eigenvalue weighted by Crippen LogP contribution is -2.54. The quantitative estimate of drug-likeness (QED) is 0.355. The van der Waals surface area contributed by atoms with Crippen LogP contribution in [0.3, 0.4) is 0 Å². The van der Waals surface area contributed by atoms with Crippen molar-refractivity contribution < 1.29 is 4.79 Å². The Morgan fingerprint density at radius 1 is 1.00 bits per heavy atom. The first-order valence-corrected chi connectivity index (χ1v) is 11.1. The molecule has 0 bridgehead atoms. The fourth-order valence-electron chi connectivity index (χ4n) is 4.92. The van der Waals surface area contributed by atoms with Crippen molar-refractivity contribution in [3.05, 3.63) is 0 Å². The summed E-state index contributed by atoms with van der Waals surface area (Å²) in [5.74, 6) is 3.13. The zero-order valence-electron chi connectivity index (χ0n) is 17.9. The molecule has 3 aliphatic rings. The van der Waals surface area contributed by atoms with Crippen LogP contribution in [0.1, 0.15) is 51.9 Å². The molecule has 2 heterocycles. The summed E-state index contributed by atoms with van der Waals surface area (Å²) < 4.78 is 0. The Morgan fingerprint density at radius 2 is 1.71 bits per heavy atom. The minimum absolute atomic E-state index is 0. The van der Waals surface area contributed by atoms with Gasteiger partial charge in [-0.05, 0) is 37.5 Å². The van der Waals surface area contributed by atoms with Crippen LogP contribution in [0.2, 0.25) is 0 Å². The van der Waals surface area contributed by atoms with E-state index in [-0.39, 0.29) is 24.0 Å². The molecule has 0 radical (unpaired) electrons. The number of rotatable bonds is 5. The monoisotopic (exact) mass is 505 g/mol. The fourth-order valence-corrected chi connectivity index (χ4v) is 4.92. The summed E-state index contributed by atoms with van der Waals surface area (Å²) in [5.41, 5.74) is 0. The van der Waals surface area contributed by atoms with Crippen molar-refractivity contribution >= 4 is 35.8 Å². The van der Waals surface area contributed by atoms with E-state index in [0.717, 1.165) is 63.6 Å². The van der Waals surface area contributed by atoms with Gasteiger partial charge in [0, 0.05) is 52.9 Å². The van der Waals surface area contributed by atoms with Crippen LogP contribution in [0.15, 0.2) is 4.99 Å². The third-order valence-corrected chi connectivity index (χ3v) is 6.58. The molecule has 3 fully saturated rings. The van der Waals surface area contributed by atoms with E-state index in [1.165, 1.54) is 44.9 Å². The molecular weight excluding hydrogens is 465 g/mol. The lowest BCUT2D eigenvalue weighted by atomic mass is 9.81. The number of aliphatic imine (C=N–C) groups is 1. The number of nitrogens with zero attached hydrogens (tertiary/aromatic N) is 4. The van der Waals surface area contributed by atoms with Crippen LogP contribution in [0, 0.1) is 11.8 Å². The van der Waals surface area contributed by atoms with Gasteiger partial charge in [-0.1, -0.05) is 26.2 Å². The smallest absolute Gasteiger partial charge is 0.236 e. The van der Waals surface area contributed by atoms with Crippen LogP contribution in [0.25, 0.3) is 0 Å². The molecule has 1 aliphatic carbocycles. The van der Waals surface area contributed by atoms with Gasteiger partial charge in [0.25, 0.3) is 0 Å². The minimum Gasteiger partial charge on any atom is -0.356 e. The molecule has 6 nitrogen and oxygen atoms in total. The normalized spacial score (nSPS) is 26.9. The van der Waals surface area contributed by atoms with Crippen molar-refractivity contribution in [1.29, 1.82) is 0 Å². The van der Waals surface area contributed by atoms with E-state index in [9.17, 15) is 4.79 Å². The van der Waals surface area contributed by atoms with Gasteiger partial charge in [0.05, 0.1) is 6.54 Å². The Hall–Kier alpha value is -0.570. The average molecular weight is 505 g/mol. The van der Waals surface area contributed by atoms with Gasteiger partial charge in [0.2, 0.25) is 5.91 Å². The minimum atomic E-state index is 0. The molecular formula is C21H40IN5O. The van der Waals surface area contributed by atoms with E-state index in [2.05, 4.69) is 27.0 Å². The van der Waals surface area contributed by atoms with Crippen molar-refractivity contribution in [2.24, 2.45) is 16.8 Å². The van der Waals surface area contributed by atoms with Gasteiger partial charge in [0.1, 0.15) is 0 Å². The van der Waals surface area contributed by atoms with Gasteiger partial charge < -0.3 is 15.1 Å². The summed E-state index contributed by atoms with van der Waals surface area (Å²) in [6, 6.07) is 0. The molecule has 1 N–H and O–H groups in total. The molecule has 0 aromatic carbocycles. The number of guanidine groups is 1. The van der Waals surface area contributed by atoms with E-state index in [4.69, 9.17) is 0 Å². The molecule has 162 valence electrons. The standard InChI is InChI=1S/C21H39N5O.HI/c1-18-6-5-7-19(16-18)8-9-23-21(22-2)26-14-12-24(13-15-26)17-20(27)25-10-3-4-11-25;/h18-19H,3-17H2,1-2H3,(H,22,23);1H. The van der Waals surface area contributed by atoms with E-state index < -0.39 is 0 Å². The number of amides is 1. The lowest BCUT2D eigenvalue weighted by molar-refractivity contribution is -0.131. The van der Waals surface area contributed by atoms with Crippen molar-refractivity contribution in [3.63, 3.8) is 0 Å². The number of piperazine rings is 1. The van der Waals surface area contributed by atoms with Gasteiger partial charge in [-0.25, -0.2) is 0 Å². The van der Waals surface area contributed by atoms with E-state index in [1.54, 1.807) is 0 Å². The highest BCUT2D eigenvalue weighted by atomic mass is 127. The van der Waals surface area contributed by atoms with E-state index in [1.807, 2.05) is 11.9 Å². The third kappa shape index (κ3) is 7.04. The third-order valence-electron chi connectivity index (χ3n) is 6.58. The predicted molar refractivity (Wildman–Crippen MR) is 126 cm³/mol. The van der Waals surface area contributed by atoms with E-state index >= 15 is 0 Å². The van der Waals surface area contributed by atoms with Gasteiger partial charge in [-0.15, -0.1) is 24.0 Å². The SMILES string of the molecule is CN=C(NCCC1CCCC(C)C1)N1CCN(CC(=O)N2CCCC2)CC1.I. The van der Waals surface area contributed by atoms with Crippen LogP contribution >= 0.6 is 24.0 Å². The molecule has 1 saturated carbocycles. The van der Waals surface area contributed by atoms with Crippen molar-refractivity contribution in [2.45, 2.75) is 51.9 Å². The molecule has 2 atom stereocenters. The largest absolute Gasteiger partial charge is 0.356 e. The van der Waals surface area contributed by atoms with Gasteiger partial charge in [-0.3, -0.25) is 14.7 Å². The van der Waals surface area contributed by atoms with Crippen molar-refractivity contribution in [1.82, 2.24) is 20.0 Å². The predicted octanol–water partition coefficient (Wildman–Crippen LogP) is 2.64. The Balaban J connectivity index is 0.00000280. The summed E-state index contributed by atoms with van der Waals surface area (Å²) in [6.45, 7) is 9.70. The molecule has 7 heteroatoms. The number of halogens is 1. The first-order valence-electron chi connectivity index (χ1n) is 11.1. The molecule has 0 aromatic heterocycles. The summed E-state index contributed by atoms with van der Waals surface area (Å²) in [4.78, 5) is 23.5. The van der Waals surface area contributed by atoms with Gasteiger partial charge in [-0.2, -0.15) is 0 Å². The molecule has 2 saturated heterocycles. The maximum atomic E-state index is 12.3. The van der Waals surface area contributed by atoms with Crippen LogP contribution in [0.5, 0.6) is 0 Å². The Kier molecular flexibility index (Phi) is 10.3. The molecule has 3 rings (SSSR count). The average Bonchev–Trinajstić information content (AvgIpc) is 3.21. The summed E-state index contributed by atoms with van der Waals surface area (Å²) in [7, 11) is 1.88. The molecule has 0 aromatic rings. The summed E-state index contributed by atoms with van der Waals surface area (Å²) in [5, 5.41) is 3.58. The Labute approximate surface area is 188 Å². The molecule has 2 aliphatic heterocycles. The molecule has 2 unspecified atom stereocenters. The van der Waals surface area contributed by atoms with Crippen LogP contribution < -0.4 is 5.32 Å². The highest BCUT2D eigenvalue weighted by Crippen LogP contribution is 2.30. The maximum Gasteiger partial charge on any atom is 0.236 e. The first kappa shape index (κ1) is 23.7. The number of carbonyl (C=O) groups is 1. The number of carbonyl (C=O) groups excluding carboxylic acids is 1. The summed E-state index contributed by atoms with van der Waals surface area (Å²) in [6.07, 6.45) is 9.20. The lowest BCUT2D eigenvalue weighted by Gasteiger charge is -2.37. The Morgan fingerprint density at radius 3 is 2.36 bits per heavy atom. The highest BCUT2D eigenvalue weighted by Gasteiger charge is 2.25. The van der Waals surface area contributed by atoms with Crippen LogP contribution in [0.4, 0.5) is 0 Å². The van der Waals surface area contributed by atoms with Crippen LogP contribution in [-0.2, 0) is 4.79 Å². The van der Waals surface area contributed by atoms with Crippen LogP contribution in [-0.4, -0.2) is 86.0 Å². The van der Waals surface area contributed by atoms with E-state index in [0.29, 0.717) is 12.5 Å². The summed E-state index contributed by atoms with van der Waals surface area (Å²) >= 11 is 0. The van der Waals surface area contributed by atoms with Crippen molar-refractivity contribution in [2.75, 3.05) is 59.4 Å². The second kappa shape index (κ2) is 12.2. The number of nitrogens with one attached hydrogen (secondary N) is 1. The highest BCUT2D eigenvalue weighted by molar-refractivity contribution is 14.0. The number of hydrogen-bond acceptors (Lipinski definition) is 3. The second-order valence-electron chi connectivity index (χ2n) is 8.75. The second-order valence-corrected chi connectivity index (χ2v) is 8.75. The fraction of sp³-hybridized carbons (Fsp3) is 0.905. The molecule has 0 spiro atoms. The number of likely N-dealkylation sites (tertiary alicyclic amines) is 1. The Bertz CT molecular complexity index is 501. The number of hydrogen-bond donors (Lipinski definition) is 1. The zero-order chi connectivity index (χ0) is 19.1. The maximum absolute atomic E-state index is 12.3. The molecule has 1 amide bonds. The van der Waals surface area contributed by atoms with Gasteiger partial charge >= 0.3 is 0 Å². The van der Waals surface area contributed by atoms with Gasteiger partial charge in [0.15, 0.2) is 5.96 Å². The molecule has 28 heavy (non-hydrogen) atoms. The topological polar surface area (TPSA) is 51.2 Å². The zero-order valence-corrected chi connectivity index (χ0v) is 20.2. The first-order chi connectivity index (χ1) is 13.2. The van der Waals surface area contributed by atoms with Crippen molar-refractivity contribution in [3.8, 4) is 0 Å².